The van der Waals surface area contributed by atoms with E-state index < -0.39 is 0 Å². The Labute approximate surface area is 226 Å². The van der Waals surface area contributed by atoms with E-state index in [2.05, 4.69) is 10.3 Å². The maximum atomic E-state index is 13.0. The van der Waals surface area contributed by atoms with E-state index in [4.69, 9.17) is 4.74 Å². The summed E-state index contributed by atoms with van der Waals surface area (Å²) in [6.45, 7) is 11.6. The van der Waals surface area contributed by atoms with Gasteiger partial charge in [0.2, 0.25) is 0 Å². The van der Waals surface area contributed by atoms with Gasteiger partial charge in [0, 0.05) is 49.2 Å². The predicted octanol–water partition coefficient (Wildman–Crippen LogP) is 7.16. The van der Waals surface area contributed by atoms with Gasteiger partial charge in [-0.25, -0.2) is 4.98 Å². The number of hydrogen-bond donors (Lipinski definition) is 1. The third kappa shape index (κ3) is 6.71. The second kappa shape index (κ2) is 13.6. The fourth-order valence-corrected chi connectivity index (χ4v) is 4.59. The number of piperidine rings is 1. The van der Waals surface area contributed by atoms with Crippen molar-refractivity contribution in [2.75, 3.05) is 37.0 Å². The van der Waals surface area contributed by atoms with E-state index in [0.717, 1.165) is 48.6 Å². The monoisotopic (exact) mass is 516 g/mol. The highest BCUT2D eigenvalue weighted by Crippen LogP contribution is 2.34. The number of nitrogens with zero attached hydrogens (tertiary/aromatic N) is 3. The molecule has 7 nitrogen and oxygen atoms in total. The lowest BCUT2D eigenvalue weighted by Gasteiger charge is -2.27. The molecular formula is C31H40N4O3. The van der Waals surface area contributed by atoms with E-state index >= 15 is 0 Å². The van der Waals surface area contributed by atoms with Crippen molar-refractivity contribution in [3.05, 3.63) is 71.4 Å². The van der Waals surface area contributed by atoms with Gasteiger partial charge in [-0.3, -0.25) is 9.59 Å². The number of carbonyl (C=O) groups is 2. The van der Waals surface area contributed by atoms with Crippen molar-refractivity contribution in [1.29, 1.82) is 0 Å². The van der Waals surface area contributed by atoms with Gasteiger partial charge in [-0.05, 0) is 75.9 Å². The summed E-state index contributed by atoms with van der Waals surface area (Å²) in [7, 11) is 1.94. The van der Waals surface area contributed by atoms with Gasteiger partial charge in [0.05, 0.1) is 18.0 Å². The van der Waals surface area contributed by atoms with Crippen LogP contribution >= 0.6 is 0 Å². The molecule has 2 heterocycles. The number of para-hydroxylation sites is 1. The molecule has 0 bridgehead atoms. The fraction of sp³-hybridized carbons (Fsp3) is 0.387. The molecule has 0 spiro atoms. The molecule has 1 aromatic heterocycles. The molecular weight excluding hydrogens is 476 g/mol. The van der Waals surface area contributed by atoms with Crippen molar-refractivity contribution in [2.24, 2.45) is 0 Å². The van der Waals surface area contributed by atoms with Gasteiger partial charge >= 0.3 is 0 Å². The van der Waals surface area contributed by atoms with Crippen LogP contribution < -0.4 is 15.0 Å². The molecule has 3 aromatic rings. The number of hydrogen-bond acceptors (Lipinski definition) is 6. The minimum absolute atomic E-state index is 0.0167. The first-order valence-corrected chi connectivity index (χ1v) is 13.5. The first-order valence-electron chi connectivity index (χ1n) is 13.5. The summed E-state index contributed by atoms with van der Waals surface area (Å²) in [6.07, 6.45) is 5.09. The van der Waals surface area contributed by atoms with E-state index in [0.29, 0.717) is 29.3 Å². The van der Waals surface area contributed by atoms with E-state index in [9.17, 15) is 9.59 Å². The minimum atomic E-state index is 0.0167. The number of ketones is 1. The third-order valence-corrected chi connectivity index (χ3v) is 6.52. The molecule has 0 radical (unpaired) electrons. The Balaban J connectivity index is 0.00000195. The first kappa shape index (κ1) is 28.7. The van der Waals surface area contributed by atoms with Crippen molar-refractivity contribution in [1.82, 2.24) is 9.88 Å². The SMILES string of the molecule is CC.CCOc1cc(C(=O)N2CCCCC2)ccc1Nc1cc(N(C)c2ccccc2C(C)=O)c(C)cn1. The third-order valence-electron chi connectivity index (χ3n) is 6.52. The molecule has 0 saturated carbocycles. The summed E-state index contributed by atoms with van der Waals surface area (Å²) in [4.78, 5) is 33.7. The molecule has 1 fully saturated rings. The first-order chi connectivity index (χ1) is 18.4. The molecule has 38 heavy (non-hydrogen) atoms. The Morgan fingerprint density at radius 2 is 1.74 bits per heavy atom. The molecule has 7 heteroatoms. The van der Waals surface area contributed by atoms with Crippen molar-refractivity contribution in [3.8, 4) is 5.75 Å². The lowest BCUT2D eigenvalue weighted by Crippen LogP contribution is -2.35. The standard InChI is InChI=1S/C29H34N4O3.C2H6/c1-5-36-27-17-22(29(35)33-15-9-6-10-16-33)13-14-24(27)31-28-18-26(20(2)19-30-28)32(4)25-12-8-7-11-23(25)21(3)34;1-2/h7-8,11-14,17-19H,5-6,9-10,15-16H2,1-4H3,(H,30,31);1-2H3. The number of amides is 1. The molecule has 1 aliphatic heterocycles. The summed E-state index contributed by atoms with van der Waals surface area (Å²) in [5.74, 6) is 1.31. The number of aryl methyl sites for hydroxylation is 1. The van der Waals surface area contributed by atoms with Crippen molar-refractivity contribution in [2.45, 2.75) is 53.9 Å². The number of likely N-dealkylation sites (tertiary alicyclic amines) is 1. The van der Waals surface area contributed by atoms with Crippen LogP contribution in [0.5, 0.6) is 5.75 Å². The summed E-state index contributed by atoms with van der Waals surface area (Å²) in [6, 6.07) is 15.1. The number of ether oxygens (including phenoxy) is 1. The highest BCUT2D eigenvalue weighted by Gasteiger charge is 2.20. The topological polar surface area (TPSA) is 74.8 Å². The Morgan fingerprint density at radius 3 is 2.42 bits per heavy atom. The number of anilines is 4. The van der Waals surface area contributed by atoms with Gasteiger partial charge in [0.15, 0.2) is 5.78 Å². The van der Waals surface area contributed by atoms with Crippen LogP contribution in [-0.4, -0.2) is 48.3 Å². The normalized spacial score (nSPS) is 12.7. The van der Waals surface area contributed by atoms with E-state index in [1.165, 1.54) is 6.42 Å². The summed E-state index contributed by atoms with van der Waals surface area (Å²) in [5, 5.41) is 3.36. The van der Waals surface area contributed by atoms with Gasteiger partial charge in [-0.15, -0.1) is 0 Å². The van der Waals surface area contributed by atoms with Gasteiger partial charge < -0.3 is 19.9 Å². The number of nitrogens with one attached hydrogen (secondary N) is 1. The average Bonchev–Trinajstić information content (AvgIpc) is 2.95. The van der Waals surface area contributed by atoms with Gasteiger partial charge in [-0.1, -0.05) is 26.0 Å². The molecule has 2 aromatic carbocycles. The predicted molar refractivity (Wildman–Crippen MR) is 155 cm³/mol. The zero-order chi connectivity index (χ0) is 27.7. The quantitative estimate of drug-likeness (QED) is 0.320. The zero-order valence-electron chi connectivity index (χ0n) is 23.5. The smallest absolute Gasteiger partial charge is 0.253 e. The van der Waals surface area contributed by atoms with Crippen LogP contribution in [0, 0.1) is 6.92 Å². The molecule has 1 aliphatic rings. The molecule has 1 N–H and O–H groups in total. The van der Waals surface area contributed by atoms with Crippen LogP contribution in [0.1, 0.15) is 73.2 Å². The fourth-order valence-electron chi connectivity index (χ4n) is 4.59. The molecule has 0 atom stereocenters. The molecule has 202 valence electrons. The maximum Gasteiger partial charge on any atom is 0.253 e. The number of aromatic nitrogens is 1. The van der Waals surface area contributed by atoms with Crippen LogP contribution in [-0.2, 0) is 0 Å². The van der Waals surface area contributed by atoms with Crippen molar-refractivity contribution in [3.63, 3.8) is 0 Å². The molecule has 0 aliphatic carbocycles. The second-order valence-electron chi connectivity index (χ2n) is 9.11. The summed E-state index contributed by atoms with van der Waals surface area (Å²) in [5.41, 5.74) is 4.77. The van der Waals surface area contributed by atoms with Gasteiger partial charge in [0.25, 0.3) is 5.91 Å². The van der Waals surface area contributed by atoms with E-state index in [-0.39, 0.29) is 11.7 Å². The molecule has 4 rings (SSSR count). The minimum Gasteiger partial charge on any atom is -0.492 e. The number of benzene rings is 2. The van der Waals surface area contributed by atoms with Crippen LogP contribution in [0.4, 0.5) is 22.9 Å². The van der Waals surface area contributed by atoms with Gasteiger partial charge in [-0.2, -0.15) is 0 Å². The Kier molecular flexibility index (Phi) is 10.3. The average molecular weight is 517 g/mol. The highest BCUT2D eigenvalue weighted by atomic mass is 16.5. The lowest BCUT2D eigenvalue weighted by atomic mass is 10.1. The number of rotatable bonds is 8. The Hall–Kier alpha value is -3.87. The second-order valence-corrected chi connectivity index (χ2v) is 9.11. The van der Waals surface area contributed by atoms with E-state index in [1.54, 1.807) is 13.1 Å². The highest BCUT2D eigenvalue weighted by molar-refractivity contribution is 6.00. The van der Waals surface area contributed by atoms with E-state index in [1.807, 2.05) is 93.1 Å². The van der Waals surface area contributed by atoms with Crippen molar-refractivity contribution < 1.29 is 14.3 Å². The van der Waals surface area contributed by atoms with Crippen LogP contribution in [0.25, 0.3) is 0 Å². The van der Waals surface area contributed by atoms with Gasteiger partial charge in [0.1, 0.15) is 11.6 Å². The number of pyridine rings is 1. The molecule has 0 unspecified atom stereocenters. The molecule has 1 amide bonds. The number of Topliss-reactive ketones (excluding diaryl/α,β-unsaturated/α-hetero) is 1. The summed E-state index contributed by atoms with van der Waals surface area (Å²) < 4.78 is 5.89. The zero-order valence-corrected chi connectivity index (χ0v) is 23.5. The lowest BCUT2D eigenvalue weighted by molar-refractivity contribution is 0.0723. The summed E-state index contributed by atoms with van der Waals surface area (Å²) >= 11 is 0. The Morgan fingerprint density at radius 1 is 1.03 bits per heavy atom. The Bertz CT molecular complexity index is 1250. The van der Waals surface area contributed by atoms with Crippen LogP contribution in [0.3, 0.4) is 0 Å². The molecule has 1 saturated heterocycles. The van der Waals surface area contributed by atoms with Crippen LogP contribution in [0.15, 0.2) is 54.7 Å². The van der Waals surface area contributed by atoms with Crippen LogP contribution in [0.2, 0.25) is 0 Å². The maximum absolute atomic E-state index is 13.0. The number of carbonyl (C=O) groups excluding carboxylic acids is 2. The van der Waals surface area contributed by atoms with Crippen molar-refractivity contribution >= 4 is 34.6 Å². The largest absolute Gasteiger partial charge is 0.492 e.